The Labute approximate surface area is 109 Å². The van der Waals surface area contributed by atoms with Crippen molar-refractivity contribution in [2.75, 3.05) is 5.33 Å². The van der Waals surface area contributed by atoms with Gasteiger partial charge < -0.3 is 0 Å². The molecule has 0 saturated carbocycles. The Balaban J connectivity index is 2.93. The van der Waals surface area contributed by atoms with Crippen LogP contribution >= 0.6 is 38.5 Å². The summed E-state index contributed by atoms with van der Waals surface area (Å²) in [5.41, 5.74) is 0.612. The molecule has 0 bridgehead atoms. The van der Waals surface area contributed by atoms with Crippen molar-refractivity contribution in [2.45, 2.75) is 12.8 Å². The van der Waals surface area contributed by atoms with Crippen molar-refractivity contribution in [3.8, 4) is 0 Å². The highest BCUT2D eigenvalue weighted by molar-refractivity contribution is 14.1. The molecule has 0 radical (unpaired) electrons. The molecular formula is C10H8BrF2IO. The molecule has 1 rings (SSSR count). The minimum absolute atomic E-state index is 0.0165. The Kier molecular flexibility index (Phi) is 5.11. The van der Waals surface area contributed by atoms with Gasteiger partial charge in [0.15, 0.2) is 0 Å². The van der Waals surface area contributed by atoms with E-state index in [1.165, 1.54) is 12.1 Å². The second kappa shape index (κ2) is 5.89. The smallest absolute Gasteiger partial charge is 0.263 e. The van der Waals surface area contributed by atoms with E-state index >= 15 is 0 Å². The standard InChI is InChI=1S/C10H8BrF2IO/c11-5-9(15)3-6-1-7(10(12)13)4-8(14)2-6/h1-2,4,10H,3,5H2. The maximum Gasteiger partial charge on any atom is 0.263 e. The van der Waals surface area contributed by atoms with Crippen molar-refractivity contribution < 1.29 is 13.6 Å². The van der Waals surface area contributed by atoms with Gasteiger partial charge in [0, 0.05) is 15.6 Å². The summed E-state index contributed by atoms with van der Waals surface area (Å²) in [4.78, 5) is 11.1. The van der Waals surface area contributed by atoms with Gasteiger partial charge in [-0.15, -0.1) is 0 Å². The molecule has 0 aliphatic carbocycles. The number of carbonyl (C=O) groups is 1. The van der Waals surface area contributed by atoms with Gasteiger partial charge in [0.1, 0.15) is 5.78 Å². The molecule has 15 heavy (non-hydrogen) atoms. The molecule has 5 heteroatoms. The fourth-order valence-electron chi connectivity index (χ4n) is 1.18. The number of carbonyl (C=O) groups excluding carboxylic acids is 1. The third kappa shape index (κ3) is 4.14. The SMILES string of the molecule is O=C(CBr)Cc1cc(I)cc(C(F)F)c1. The van der Waals surface area contributed by atoms with Crippen molar-refractivity contribution in [1.29, 1.82) is 0 Å². The van der Waals surface area contributed by atoms with E-state index in [1.807, 2.05) is 22.6 Å². The zero-order valence-electron chi connectivity index (χ0n) is 7.64. The first-order valence-corrected chi connectivity index (χ1v) is 6.38. The molecule has 0 atom stereocenters. The summed E-state index contributed by atoms with van der Waals surface area (Å²) >= 11 is 5.01. The third-order valence-electron chi connectivity index (χ3n) is 1.78. The molecule has 0 N–H and O–H groups in total. The minimum atomic E-state index is -2.49. The molecule has 82 valence electrons. The minimum Gasteiger partial charge on any atom is -0.298 e. The summed E-state index contributed by atoms with van der Waals surface area (Å²) in [5, 5.41) is 0.252. The number of hydrogen-bond donors (Lipinski definition) is 0. The first-order chi connectivity index (χ1) is 7.02. The molecule has 0 fully saturated rings. The fraction of sp³-hybridized carbons (Fsp3) is 0.300. The van der Waals surface area contributed by atoms with Crippen LogP contribution in [0.3, 0.4) is 0 Å². The summed E-state index contributed by atoms with van der Waals surface area (Å²) in [5.74, 6) is -0.0165. The van der Waals surface area contributed by atoms with Gasteiger partial charge >= 0.3 is 0 Å². The fourth-order valence-corrected chi connectivity index (χ4v) is 2.14. The lowest BCUT2D eigenvalue weighted by atomic mass is 10.1. The summed E-state index contributed by atoms with van der Waals surface area (Å²) in [6.45, 7) is 0. The molecular weight excluding hydrogens is 381 g/mol. The largest absolute Gasteiger partial charge is 0.298 e. The lowest BCUT2D eigenvalue weighted by molar-refractivity contribution is -0.115. The van der Waals surface area contributed by atoms with Gasteiger partial charge in [-0.25, -0.2) is 8.78 Å². The predicted octanol–water partition coefficient (Wildman–Crippen LogP) is 3.74. The number of rotatable bonds is 4. The highest BCUT2D eigenvalue weighted by Crippen LogP contribution is 2.23. The monoisotopic (exact) mass is 388 g/mol. The molecule has 0 saturated heterocycles. The van der Waals surface area contributed by atoms with E-state index in [0.717, 1.165) is 3.57 Å². The number of Topliss-reactive ketones (excluding diaryl/α,β-unsaturated/α-hetero) is 1. The Bertz CT molecular complexity index is 368. The molecule has 0 spiro atoms. The van der Waals surface area contributed by atoms with Gasteiger partial charge in [-0.05, 0) is 46.4 Å². The third-order valence-corrected chi connectivity index (χ3v) is 3.03. The van der Waals surface area contributed by atoms with Gasteiger partial charge in [-0.3, -0.25) is 4.79 Å². The Morgan fingerprint density at radius 1 is 1.40 bits per heavy atom. The average molecular weight is 389 g/mol. The molecule has 0 heterocycles. The lowest BCUT2D eigenvalue weighted by Gasteiger charge is -2.05. The summed E-state index contributed by atoms with van der Waals surface area (Å²) in [6, 6.07) is 4.55. The van der Waals surface area contributed by atoms with E-state index in [4.69, 9.17) is 0 Å². The molecule has 0 aliphatic rings. The van der Waals surface area contributed by atoms with Crippen LogP contribution in [0.15, 0.2) is 18.2 Å². The van der Waals surface area contributed by atoms with Crippen LogP contribution in [0.5, 0.6) is 0 Å². The molecule has 1 aromatic carbocycles. The van der Waals surface area contributed by atoms with Gasteiger partial charge in [0.25, 0.3) is 6.43 Å². The van der Waals surface area contributed by atoms with Crippen LogP contribution in [0.4, 0.5) is 8.78 Å². The Hall–Kier alpha value is -0.0400. The Morgan fingerprint density at radius 3 is 2.60 bits per heavy atom. The zero-order chi connectivity index (χ0) is 11.4. The maximum atomic E-state index is 12.4. The van der Waals surface area contributed by atoms with Gasteiger partial charge in [-0.2, -0.15) is 0 Å². The van der Waals surface area contributed by atoms with E-state index in [0.29, 0.717) is 5.56 Å². The second-order valence-electron chi connectivity index (χ2n) is 3.04. The molecule has 0 unspecified atom stereocenters. The number of ketones is 1. The van der Waals surface area contributed by atoms with Crippen LogP contribution in [0.2, 0.25) is 0 Å². The molecule has 0 amide bonds. The second-order valence-corrected chi connectivity index (χ2v) is 4.85. The molecule has 1 aromatic rings. The van der Waals surface area contributed by atoms with Crippen molar-refractivity contribution in [2.24, 2.45) is 0 Å². The van der Waals surface area contributed by atoms with Crippen LogP contribution in [-0.2, 0) is 11.2 Å². The van der Waals surface area contributed by atoms with Crippen LogP contribution < -0.4 is 0 Å². The van der Waals surface area contributed by atoms with Gasteiger partial charge in [-0.1, -0.05) is 15.9 Å². The predicted molar refractivity (Wildman–Crippen MR) is 66.6 cm³/mol. The first-order valence-electron chi connectivity index (χ1n) is 4.18. The van der Waals surface area contributed by atoms with Crippen LogP contribution in [0.1, 0.15) is 17.6 Å². The van der Waals surface area contributed by atoms with E-state index in [9.17, 15) is 13.6 Å². The Morgan fingerprint density at radius 2 is 2.07 bits per heavy atom. The molecule has 1 nitrogen and oxygen atoms in total. The highest BCUT2D eigenvalue weighted by atomic mass is 127. The highest BCUT2D eigenvalue weighted by Gasteiger charge is 2.10. The first kappa shape index (κ1) is 13.0. The van der Waals surface area contributed by atoms with E-state index in [2.05, 4.69) is 15.9 Å². The zero-order valence-corrected chi connectivity index (χ0v) is 11.4. The normalized spacial score (nSPS) is 10.7. The number of benzene rings is 1. The van der Waals surface area contributed by atoms with Gasteiger partial charge in [0.2, 0.25) is 0 Å². The van der Waals surface area contributed by atoms with E-state index in [-0.39, 0.29) is 23.1 Å². The molecule has 0 aromatic heterocycles. The topological polar surface area (TPSA) is 17.1 Å². The van der Waals surface area contributed by atoms with Crippen LogP contribution in [0, 0.1) is 3.57 Å². The number of halogens is 4. The van der Waals surface area contributed by atoms with Crippen molar-refractivity contribution in [1.82, 2.24) is 0 Å². The average Bonchev–Trinajstić information content (AvgIpc) is 2.16. The summed E-state index contributed by atoms with van der Waals surface area (Å²) in [6.07, 6.45) is -2.29. The quantitative estimate of drug-likeness (QED) is 0.567. The lowest BCUT2D eigenvalue weighted by Crippen LogP contribution is -2.04. The summed E-state index contributed by atoms with van der Waals surface area (Å²) in [7, 11) is 0. The van der Waals surface area contributed by atoms with Crippen LogP contribution in [0.25, 0.3) is 0 Å². The van der Waals surface area contributed by atoms with E-state index < -0.39 is 6.43 Å². The van der Waals surface area contributed by atoms with Crippen molar-refractivity contribution in [3.63, 3.8) is 0 Å². The number of alkyl halides is 3. The van der Waals surface area contributed by atoms with Crippen molar-refractivity contribution in [3.05, 3.63) is 32.9 Å². The van der Waals surface area contributed by atoms with Gasteiger partial charge in [0.05, 0.1) is 5.33 Å². The van der Waals surface area contributed by atoms with E-state index in [1.54, 1.807) is 6.07 Å². The van der Waals surface area contributed by atoms with Crippen molar-refractivity contribution >= 4 is 44.3 Å². The molecule has 0 aliphatic heterocycles. The van der Waals surface area contributed by atoms with Crippen LogP contribution in [-0.4, -0.2) is 11.1 Å². The summed E-state index contributed by atoms with van der Waals surface area (Å²) < 4.78 is 25.6. The number of hydrogen-bond acceptors (Lipinski definition) is 1. The maximum absolute atomic E-state index is 12.4.